The highest BCUT2D eigenvalue weighted by Crippen LogP contribution is 2.25. The number of rotatable bonds is 4. The van der Waals surface area contributed by atoms with E-state index in [9.17, 15) is 4.79 Å². The van der Waals surface area contributed by atoms with Gasteiger partial charge in [0, 0.05) is 12.5 Å². The van der Waals surface area contributed by atoms with Crippen molar-refractivity contribution in [1.29, 1.82) is 0 Å². The second kappa shape index (κ2) is 5.67. The Kier molecular flexibility index (Phi) is 4.11. The molecule has 2 aromatic heterocycles. The summed E-state index contributed by atoms with van der Waals surface area (Å²) < 4.78 is 8.72. The van der Waals surface area contributed by atoms with Crippen molar-refractivity contribution in [2.24, 2.45) is 7.05 Å². The zero-order chi connectivity index (χ0) is 15.6. The number of hydrogen-bond donors (Lipinski definition) is 0. The van der Waals surface area contributed by atoms with Crippen LogP contribution in [0, 0.1) is 0 Å². The lowest BCUT2D eigenvalue weighted by Gasteiger charge is -2.20. The lowest BCUT2D eigenvalue weighted by Crippen LogP contribution is -2.23. The quantitative estimate of drug-likeness (QED) is 0.799. The van der Waals surface area contributed by atoms with Gasteiger partial charge in [0.15, 0.2) is 5.69 Å². The fraction of sp³-hybridized carbons (Fsp3) is 0.571. The maximum atomic E-state index is 12.0. The molecule has 21 heavy (non-hydrogen) atoms. The fourth-order valence-corrected chi connectivity index (χ4v) is 2.19. The van der Waals surface area contributed by atoms with E-state index in [1.54, 1.807) is 24.1 Å². The van der Waals surface area contributed by atoms with Crippen molar-refractivity contribution in [3.05, 3.63) is 29.6 Å². The molecule has 7 heteroatoms. The Balaban J connectivity index is 2.42. The minimum atomic E-state index is -0.432. The van der Waals surface area contributed by atoms with Crippen molar-refractivity contribution in [2.75, 3.05) is 6.61 Å². The Morgan fingerprint density at radius 3 is 2.62 bits per heavy atom. The first-order valence-electron chi connectivity index (χ1n) is 6.91. The van der Waals surface area contributed by atoms with Gasteiger partial charge in [0.25, 0.3) is 0 Å². The molecule has 0 aliphatic rings. The molecule has 0 bridgehead atoms. The van der Waals surface area contributed by atoms with Gasteiger partial charge in [-0.05, 0) is 6.92 Å². The van der Waals surface area contributed by atoms with Crippen LogP contribution in [0.25, 0.3) is 0 Å². The van der Waals surface area contributed by atoms with Gasteiger partial charge >= 0.3 is 5.97 Å². The van der Waals surface area contributed by atoms with Crippen LogP contribution in [0.3, 0.4) is 0 Å². The first-order chi connectivity index (χ1) is 9.84. The number of aryl methyl sites for hydroxylation is 1. The van der Waals surface area contributed by atoms with Gasteiger partial charge in [-0.3, -0.25) is 0 Å². The van der Waals surface area contributed by atoms with Crippen molar-refractivity contribution in [3.63, 3.8) is 0 Å². The Morgan fingerprint density at radius 2 is 2.10 bits per heavy atom. The monoisotopic (exact) mass is 291 g/mol. The highest BCUT2D eigenvalue weighted by atomic mass is 16.5. The smallest absolute Gasteiger partial charge is 0.360 e. The third-order valence-electron chi connectivity index (χ3n) is 3.14. The molecule has 0 fully saturated rings. The lowest BCUT2D eigenvalue weighted by atomic mass is 9.90. The van der Waals surface area contributed by atoms with Crippen LogP contribution in [0.5, 0.6) is 0 Å². The van der Waals surface area contributed by atoms with E-state index in [1.807, 2.05) is 32.4 Å². The molecule has 0 atom stereocenters. The normalized spacial score (nSPS) is 11.7. The number of aromatic nitrogens is 5. The SMILES string of the molecule is CCOC(=O)c1nnn(Cc2cncn2C)c1C(C)(C)C. The summed E-state index contributed by atoms with van der Waals surface area (Å²) in [6.07, 6.45) is 3.51. The third-order valence-corrected chi connectivity index (χ3v) is 3.14. The number of imidazole rings is 1. The van der Waals surface area contributed by atoms with Gasteiger partial charge in [0.05, 0.1) is 37.1 Å². The van der Waals surface area contributed by atoms with Crippen molar-refractivity contribution in [2.45, 2.75) is 39.7 Å². The molecule has 114 valence electrons. The minimum Gasteiger partial charge on any atom is -0.461 e. The Hall–Kier alpha value is -2.18. The maximum absolute atomic E-state index is 12.0. The van der Waals surface area contributed by atoms with E-state index in [-0.39, 0.29) is 11.1 Å². The summed E-state index contributed by atoms with van der Waals surface area (Å²) in [5, 5.41) is 8.15. The second-order valence-corrected chi connectivity index (χ2v) is 5.91. The summed E-state index contributed by atoms with van der Waals surface area (Å²) >= 11 is 0. The number of esters is 1. The molecule has 0 radical (unpaired) electrons. The number of nitrogens with zero attached hydrogens (tertiary/aromatic N) is 5. The molecule has 0 unspecified atom stereocenters. The summed E-state index contributed by atoms with van der Waals surface area (Å²) in [4.78, 5) is 16.1. The van der Waals surface area contributed by atoms with E-state index < -0.39 is 5.97 Å². The molecule has 2 heterocycles. The van der Waals surface area contributed by atoms with Crippen molar-refractivity contribution in [1.82, 2.24) is 24.5 Å². The van der Waals surface area contributed by atoms with Crippen molar-refractivity contribution < 1.29 is 9.53 Å². The largest absolute Gasteiger partial charge is 0.461 e. The van der Waals surface area contributed by atoms with Crippen LogP contribution in [-0.4, -0.2) is 37.1 Å². The molecule has 0 aliphatic carbocycles. The van der Waals surface area contributed by atoms with Crippen LogP contribution in [0.4, 0.5) is 0 Å². The molecule has 0 spiro atoms. The molecule has 0 saturated carbocycles. The summed E-state index contributed by atoms with van der Waals surface area (Å²) in [7, 11) is 1.92. The van der Waals surface area contributed by atoms with E-state index in [0.29, 0.717) is 13.2 Å². The van der Waals surface area contributed by atoms with Gasteiger partial charge < -0.3 is 9.30 Å². The van der Waals surface area contributed by atoms with Gasteiger partial charge in [0.2, 0.25) is 0 Å². The number of carbonyl (C=O) groups excluding carboxylic acids is 1. The molecule has 2 rings (SSSR count). The van der Waals surface area contributed by atoms with E-state index in [4.69, 9.17) is 4.74 Å². The van der Waals surface area contributed by atoms with Crippen LogP contribution >= 0.6 is 0 Å². The fourth-order valence-electron chi connectivity index (χ4n) is 2.19. The Morgan fingerprint density at radius 1 is 1.38 bits per heavy atom. The standard InChI is InChI=1S/C14H21N5O2/c1-6-21-13(20)11-12(14(2,3)4)19(17-16-11)8-10-7-15-9-18(10)5/h7,9H,6,8H2,1-5H3. The van der Waals surface area contributed by atoms with E-state index >= 15 is 0 Å². The number of hydrogen-bond acceptors (Lipinski definition) is 5. The van der Waals surface area contributed by atoms with Crippen LogP contribution in [0.1, 0.15) is 49.6 Å². The van der Waals surface area contributed by atoms with E-state index in [1.165, 1.54) is 0 Å². The predicted molar refractivity (Wildman–Crippen MR) is 77.0 cm³/mol. The first-order valence-corrected chi connectivity index (χ1v) is 6.91. The van der Waals surface area contributed by atoms with Crippen molar-refractivity contribution in [3.8, 4) is 0 Å². The Bertz CT molecular complexity index is 636. The summed E-state index contributed by atoms with van der Waals surface area (Å²) in [6.45, 7) is 8.66. The van der Waals surface area contributed by atoms with Crippen LogP contribution in [0.2, 0.25) is 0 Å². The molecule has 0 saturated heterocycles. The van der Waals surface area contributed by atoms with E-state index in [0.717, 1.165) is 11.4 Å². The van der Waals surface area contributed by atoms with Crippen LogP contribution in [0.15, 0.2) is 12.5 Å². The predicted octanol–water partition coefficient (Wildman–Crippen LogP) is 1.53. The molecular weight excluding hydrogens is 270 g/mol. The molecule has 2 aromatic rings. The van der Waals surface area contributed by atoms with Gasteiger partial charge in [-0.15, -0.1) is 5.10 Å². The minimum absolute atomic E-state index is 0.274. The third kappa shape index (κ3) is 3.12. The highest BCUT2D eigenvalue weighted by molar-refractivity contribution is 5.88. The van der Waals surface area contributed by atoms with Crippen LogP contribution in [-0.2, 0) is 23.7 Å². The highest BCUT2D eigenvalue weighted by Gasteiger charge is 2.30. The Labute approximate surface area is 123 Å². The molecular formula is C14H21N5O2. The lowest BCUT2D eigenvalue weighted by molar-refractivity contribution is 0.0516. The van der Waals surface area contributed by atoms with Gasteiger partial charge in [-0.25, -0.2) is 14.5 Å². The first kappa shape index (κ1) is 15.2. The average Bonchev–Trinajstić information content (AvgIpc) is 2.97. The van der Waals surface area contributed by atoms with Crippen LogP contribution < -0.4 is 0 Å². The topological polar surface area (TPSA) is 74.8 Å². The average molecular weight is 291 g/mol. The summed E-state index contributed by atoms with van der Waals surface area (Å²) in [6, 6.07) is 0. The number of ether oxygens (including phenoxy) is 1. The van der Waals surface area contributed by atoms with Gasteiger partial charge in [-0.2, -0.15) is 0 Å². The molecule has 0 aliphatic heterocycles. The van der Waals surface area contributed by atoms with Crippen molar-refractivity contribution >= 4 is 5.97 Å². The zero-order valence-electron chi connectivity index (χ0n) is 13.1. The van der Waals surface area contributed by atoms with E-state index in [2.05, 4.69) is 15.3 Å². The molecule has 7 nitrogen and oxygen atoms in total. The van der Waals surface area contributed by atoms with Gasteiger partial charge in [0.1, 0.15) is 0 Å². The molecule has 0 amide bonds. The number of carbonyl (C=O) groups is 1. The molecule has 0 aromatic carbocycles. The zero-order valence-corrected chi connectivity index (χ0v) is 13.1. The second-order valence-electron chi connectivity index (χ2n) is 5.91. The van der Waals surface area contributed by atoms with Gasteiger partial charge in [-0.1, -0.05) is 26.0 Å². The molecule has 0 N–H and O–H groups in total. The summed E-state index contributed by atoms with van der Waals surface area (Å²) in [5.41, 5.74) is 1.76. The summed E-state index contributed by atoms with van der Waals surface area (Å²) in [5.74, 6) is -0.432. The maximum Gasteiger partial charge on any atom is 0.360 e.